The molecule has 28 heavy (non-hydrogen) atoms. The SMILES string of the molecule is CS(=O)(=O)OCC[C@@H](COS(C)(=O)=O)O[SiH](c1ccccc1)c1ccccc1. The van der Waals surface area contributed by atoms with Crippen molar-refractivity contribution in [3.05, 3.63) is 60.7 Å². The van der Waals surface area contributed by atoms with E-state index in [1.54, 1.807) is 0 Å². The minimum absolute atomic E-state index is 0.124. The molecule has 10 heteroatoms. The second-order valence-corrected chi connectivity index (χ2v) is 11.9. The van der Waals surface area contributed by atoms with Crippen molar-refractivity contribution in [3.63, 3.8) is 0 Å². The molecule has 0 aromatic heterocycles. The van der Waals surface area contributed by atoms with Gasteiger partial charge in [-0.15, -0.1) is 0 Å². The maximum Gasteiger partial charge on any atom is 0.264 e. The lowest BCUT2D eigenvalue weighted by Crippen LogP contribution is -2.48. The van der Waals surface area contributed by atoms with Gasteiger partial charge in [0.15, 0.2) is 0 Å². The van der Waals surface area contributed by atoms with Crippen LogP contribution in [0.15, 0.2) is 60.7 Å². The molecule has 0 aliphatic rings. The van der Waals surface area contributed by atoms with E-state index in [-0.39, 0.29) is 19.6 Å². The summed E-state index contributed by atoms with van der Waals surface area (Å²) in [5, 5.41) is 2.03. The Morgan fingerprint density at radius 2 is 1.25 bits per heavy atom. The van der Waals surface area contributed by atoms with Gasteiger partial charge in [0.2, 0.25) is 9.04 Å². The predicted molar refractivity (Wildman–Crippen MR) is 110 cm³/mol. The second-order valence-electron chi connectivity index (χ2n) is 6.26. The Labute approximate surface area is 168 Å². The molecule has 2 aromatic rings. The third-order valence-corrected chi connectivity index (χ3v) is 7.54. The van der Waals surface area contributed by atoms with Gasteiger partial charge in [-0.2, -0.15) is 16.8 Å². The summed E-state index contributed by atoms with van der Waals surface area (Å²) < 4.78 is 61.2. The number of benzene rings is 2. The zero-order chi connectivity index (χ0) is 20.6. The molecule has 0 aliphatic heterocycles. The lowest BCUT2D eigenvalue weighted by atomic mass is 10.3. The quantitative estimate of drug-likeness (QED) is 0.362. The molecule has 0 aliphatic carbocycles. The molecule has 0 N–H and O–H groups in total. The van der Waals surface area contributed by atoms with Crippen LogP contribution in [0.2, 0.25) is 0 Å². The Kier molecular flexibility index (Phi) is 8.34. The van der Waals surface area contributed by atoms with Crippen molar-refractivity contribution in [3.8, 4) is 0 Å². The van der Waals surface area contributed by atoms with Crippen LogP contribution in [0.4, 0.5) is 0 Å². The predicted octanol–water partition coefficient (Wildman–Crippen LogP) is 0.252. The molecule has 0 unspecified atom stereocenters. The lowest BCUT2D eigenvalue weighted by Gasteiger charge is -2.24. The van der Waals surface area contributed by atoms with Gasteiger partial charge in [-0.05, 0) is 16.8 Å². The van der Waals surface area contributed by atoms with Gasteiger partial charge in [0.25, 0.3) is 20.2 Å². The Bertz CT molecular complexity index is 893. The highest BCUT2D eigenvalue weighted by molar-refractivity contribution is 7.86. The van der Waals surface area contributed by atoms with E-state index in [0.717, 1.165) is 22.9 Å². The van der Waals surface area contributed by atoms with Crippen molar-refractivity contribution in [2.75, 3.05) is 25.7 Å². The summed E-state index contributed by atoms with van der Waals surface area (Å²) in [5.74, 6) is 0. The molecule has 7 nitrogen and oxygen atoms in total. The minimum atomic E-state index is -3.66. The molecule has 0 bridgehead atoms. The summed E-state index contributed by atoms with van der Waals surface area (Å²) in [7, 11) is -9.42. The van der Waals surface area contributed by atoms with Gasteiger partial charge >= 0.3 is 0 Å². The molecule has 0 spiro atoms. The normalized spacial score (nSPS) is 13.5. The summed E-state index contributed by atoms with van der Waals surface area (Å²) in [6, 6.07) is 19.3. The zero-order valence-electron chi connectivity index (χ0n) is 15.7. The molecule has 0 saturated heterocycles. The van der Waals surface area contributed by atoms with E-state index in [4.69, 9.17) is 12.8 Å². The maximum absolute atomic E-state index is 11.4. The largest absolute Gasteiger partial charge is 0.406 e. The molecule has 0 fully saturated rings. The van der Waals surface area contributed by atoms with Gasteiger partial charge in [0.05, 0.1) is 31.8 Å². The van der Waals surface area contributed by atoms with Crippen molar-refractivity contribution >= 4 is 39.6 Å². The molecule has 0 radical (unpaired) electrons. The van der Waals surface area contributed by atoms with E-state index in [1.165, 1.54) is 0 Å². The first-order valence-electron chi connectivity index (χ1n) is 8.58. The van der Waals surface area contributed by atoms with Crippen molar-refractivity contribution in [1.82, 2.24) is 0 Å². The summed E-state index contributed by atoms with van der Waals surface area (Å²) in [5.41, 5.74) is 0. The Balaban J connectivity index is 2.22. The van der Waals surface area contributed by atoms with Crippen LogP contribution in [0.25, 0.3) is 0 Å². The van der Waals surface area contributed by atoms with Crippen molar-refractivity contribution in [1.29, 1.82) is 0 Å². The monoisotopic (exact) mass is 444 g/mol. The summed E-state index contributed by atoms with van der Waals surface area (Å²) in [4.78, 5) is 0. The van der Waals surface area contributed by atoms with Gasteiger partial charge < -0.3 is 4.43 Å². The Hall–Kier alpha value is -1.56. The molecule has 154 valence electrons. The van der Waals surface area contributed by atoms with E-state index < -0.39 is 35.4 Å². The third kappa shape index (κ3) is 8.63. The van der Waals surface area contributed by atoms with E-state index in [0.29, 0.717) is 0 Å². The summed E-state index contributed by atoms with van der Waals surface area (Å²) in [6.45, 7) is -0.337. The highest BCUT2D eigenvalue weighted by Crippen LogP contribution is 2.07. The molecule has 0 heterocycles. The highest BCUT2D eigenvalue weighted by Gasteiger charge is 2.24. The van der Waals surface area contributed by atoms with Gasteiger partial charge in [-0.1, -0.05) is 60.7 Å². The minimum Gasteiger partial charge on any atom is -0.406 e. The van der Waals surface area contributed by atoms with E-state index >= 15 is 0 Å². The first-order chi connectivity index (χ1) is 13.1. The molecule has 2 rings (SSSR count). The first-order valence-corrected chi connectivity index (χ1v) is 13.8. The number of hydrogen-bond donors (Lipinski definition) is 0. The topological polar surface area (TPSA) is 96.0 Å². The van der Waals surface area contributed by atoms with E-state index in [9.17, 15) is 16.8 Å². The van der Waals surface area contributed by atoms with Crippen LogP contribution in [0.1, 0.15) is 6.42 Å². The fraction of sp³-hybridized carbons (Fsp3) is 0.333. The molecule has 0 amide bonds. The molecule has 2 aromatic carbocycles. The maximum atomic E-state index is 11.4. The van der Waals surface area contributed by atoms with Gasteiger partial charge in [-0.3, -0.25) is 8.37 Å². The average molecular weight is 445 g/mol. The zero-order valence-corrected chi connectivity index (χ0v) is 18.5. The van der Waals surface area contributed by atoms with Crippen molar-refractivity contribution in [2.24, 2.45) is 0 Å². The van der Waals surface area contributed by atoms with Crippen LogP contribution in [-0.2, 0) is 33.0 Å². The van der Waals surface area contributed by atoms with Crippen LogP contribution in [0.3, 0.4) is 0 Å². The van der Waals surface area contributed by atoms with Crippen molar-refractivity contribution in [2.45, 2.75) is 12.5 Å². The smallest absolute Gasteiger partial charge is 0.264 e. The third-order valence-electron chi connectivity index (χ3n) is 3.74. The molecule has 1 atom stereocenters. The summed E-state index contributed by atoms with van der Waals surface area (Å²) >= 11 is 0. The fourth-order valence-corrected chi connectivity index (χ4v) is 5.76. The first kappa shape index (κ1) is 22.7. The fourth-order valence-electron chi connectivity index (χ4n) is 2.52. The Morgan fingerprint density at radius 1 is 0.786 bits per heavy atom. The number of rotatable bonds is 11. The number of hydrogen-bond acceptors (Lipinski definition) is 7. The molecule has 0 saturated carbocycles. The van der Waals surface area contributed by atoms with E-state index in [1.807, 2.05) is 60.7 Å². The van der Waals surface area contributed by atoms with Gasteiger partial charge in [-0.25, -0.2) is 0 Å². The van der Waals surface area contributed by atoms with Crippen LogP contribution in [-0.4, -0.2) is 57.7 Å². The lowest BCUT2D eigenvalue weighted by molar-refractivity contribution is 0.112. The van der Waals surface area contributed by atoms with Gasteiger partial charge in [0.1, 0.15) is 0 Å². The van der Waals surface area contributed by atoms with Crippen LogP contribution >= 0.6 is 0 Å². The molecular weight excluding hydrogens is 420 g/mol. The Morgan fingerprint density at radius 3 is 1.68 bits per heavy atom. The van der Waals surface area contributed by atoms with Crippen LogP contribution < -0.4 is 10.4 Å². The van der Waals surface area contributed by atoms with Crippen LogP contribution in [0.5, 0.6) is 0 Å². The van der Waals surface area contributed by atoms with E-state index in [2.05, 4.69) is 0 Å². The molecular formula is C18H24O7S2Si. The van der Waals surface area contributed by atoms with Gasteiger partial charge in [0, 0.05) is 0 Å². The van der Waals surface area contributed by atoms with Crippen LogP contribution in [0, 0.1) is 0 Å². The van der Waals surface area contributed by atoms with Crippen molar-refractivity contribution < 1.29 is 29.6 Å². The second kappa shape index (κ2) is 10.3. The standard InChI is InChI=1S/C18H24O7S2Si/c1-26(19,20)23-14-13-16(15-24-27(2,21)22)25-28(17-9-5-3-6-10-17)18-11-7-4-8-12-18/h3-12,16,28H,13-15H2,1-2H3/t16-/m0/s1. The average Bonchev–Trinajstić information content (AvgIpc) is 2.63. The highest BCUT2D eigenvalue weighted by atomic mass is 32.2. The summed E-state index contributed by atoms with van der Waals surface area (Å²) in [6.07, 6.45) is 1.45.